The second-order valence-corrected chi connectivity index (χ2v) is 14.5. The molecule has 0 amide bonds. The van der Waals surface area contributed by atoms with Crippen LogP contribution in [0.15, 0.2) is 36.4 Å². The van der Waals surface area contributed by atoms with E-state index >= 15 is 8.78 Å². The average Bonchev–Trinajstić information content (AvgIpc) is 3.74. The van der Waals surface area contributed by atoms with Crippen LogP contribution in [-0.2, 0) is 4.74 Å². The molecule has 3 aliphatic heterocycles. The second kappa shape index (κ2) is 10.9. The minimum absolute atomic E-state index is 0.00260. The molecule has 5 fully saturated rings. The van der Waals surface area contributed by atoms with Gasteiger partial charge in [-0.05, 0) is 80.2 Å². The molecule has 2 bridgehead atoms. The van der Waals surface area contributed by atoms with Crippen molar-refractivity contribution < 1.29 is 27.8 Å². The molecule has 2 aliphatic carbocycles. The number of halogens is 3. The summed E-state index contributed by atoms with van der Waals surface area (Å²) in [6.45, 7) is 5.44. The van der Waals surface area contributed by atoms with Gasteiger partial charge in [0.2, 0.25) is 0 Å². The Morgan fingerprint density at radius 2 is 1.77 bits per heavy atom. The summed E-state index contributed by atoms with van der Waals surface area (Å²) in [5.74, 6) is -2.42. The third kappa shape index (κ3) is 5.18. The number of piperazine rings is 1. The number of rotatable bonds is 7. The standard InChI is InChI=1S/C36H38F3N5O3/c37-28-7-2-21-14-24(45)15-27(29(21)31(28)39)25-5-6-26-32(30(25)38)41-34(42-33(26)44-16-22-3-4-23(17-44)40-22)46-20-35(10-11-35)18-43-12-13-47-36(19-43)8-1-9-36/h2,5-7,14-15,22-23,40,45H,1,3-4,8-13,16-20H2. The zero-order valence-electron chi connectivity index (χ0n) is 26.2. The van der Waals surface area contributed by atoms with Gasteiger partial charge in [-0.15, -0.1) is 0 Å². The first-order chi connectivity index (χ1) is 22.8. The summed E-state index contributed by atoms with van der Waals surface area (Å²) in [6, 6.07) is 9.00. The maximum absolute atomic E-state index is 16.8. The highest BCUT2D eigenvalue weighted by molar-refractivity contribution is 6.01. The van der Waals surface area contributed by atoms with Crippen molar-refractivity contribution in [1.29, 1.82) is 0 Å². The van der Waals surface area contributed by atoms with Gasteiger partial charge in [-0.1, -0.05) is 12.1 Å². The van der Waals surface area contributed by atoms with E-state index in [0.29, 0.717) is 29.9 Å². The summed E-state index contributed by atoms with van der Waals surface area (Å²) in [6.07, 6.45) is 7.72. The summed E-state index contributed by atoms with van der Waals surface area (Å²) in [5.41, 5.74) is 0.128. The van der Waals surface area contributed by atoms with Crippen LogP contribution in [0.5, 0.6) is 11.8 Å². The number of fused-ring (bicyclic) bond motifs is 4. The van der Waals surface area contributed by atoms with Crippen molar-refractivity contribution >= 4 is 27.5 Å². The number of morpholine rings is 1. The molecule has 3 aromatic carbocycles. The van der Waals surface area contributed by atoms with Crippen LogP contribution in [0, 0.1) is 22.9 Å². The van der Waals surface area contributed by atoms with Crippen molar-refractivity contribution in [2.45, 2.75) is 62.6 Å². The number of phenolic OH excluding ortho intramolecular Hbond substituents is 1. The van der Waals surface area contributed by atoms with Gasteiger partial charge < -0.3 is 24.8 Å². The molecule has 1 spiro atoms. The number of aromatic hydroxyl groups is 1. The molecule has 0 radical (unpaired) electrons. The van der Waals surface area contributed by atoms with Gasteiger partial charge in [0.1, 0.15) is 17.1 Å². The van der Waals surface area contributed by atoms with Gasteiger partial charge in [0.15, 0.2) is 17.5 Å². The van der Waals surface area contributed by atoms with E-state index in [0.717, 1.165) is 83.9 Å². The molecule has 11 heteroatoms. The van der Waals surface area contributed by atoms with E-state index in [1.807, 2.05) is 0 Å². The summed E-state index contributed by atoms with van der Waals surface area (Å²) < 4.78 is 58.8. The second-order valence-electron chi connectivity index (χ2n) is 14.5. The maximum Gasteiger partial charge on any atom is 0.319 e. The van der Waals surface area contributed by atoms with Gasteiger partial charge >= 0.3 is 6.01 Å². The predicted octanol–water partition coefficient (Wildman–Crippen LogP) is 5.93. The first-order valence-corrected chi connectivity index (χ1v) is 16.9. The Kier molecular flexibility index (Phi) is 6.85. The Hall–Kier alpha value is -3.67. The van der Waals surface area contributed by atoms with E-state index in [2.05, 4.69) is 20.1 Å². The average molecular weight is 646 g/mol. The lowest BCUT2D eigenvalue weighted by atomic mass is 9.78. The monoisotopic (exact) mass is 645 g/mol. The molecule has 47 heavy (non-hydrogen) atoms. The number of nitrogens with one attached hydrogen (secondary N) is 1. The van der Waals surface area contributed by atoms with Crippen LogP contribution < -0.4 is 15.0 Å². The minimum atomic E-state index is -1.10. The Balaban J connectivity index is 1.09. The molecule has 8 nitrogen and oxygen atoms in total. The van der Waals surface area contributed by atoms with Crippen LogP contribution in [0.1, 0.15) is 44.9 Å². The van der Waals surface area contributed by atoms with Crippen LogP contribution in [0.2, 0.25) is 0 Å². The molecule has 2 atom stereocenters. The largest absolute Gasteiger partial charge is 0.508 e. The summed E-state index contributed by atoms with van der Waals surface area (Å²) in [7, 11) is 0. The third-order valence-electron chi connectivity index (χ3n) is 11.2. The molecule has 4 heterocycles. The number of nitrogens with zero attached hydrogens (tertiary/aromatic N) is 4. The van der Waals surface area contributed by atoms with Gasteiger partial charge in [0.25, 0.3) is 0 Å². The van der Waals surface area contributed by atoms with E-state index in [1.54, 1.807) is 6.07 Å². The molecule has 2 saturated carbocycles. The van der Waals surface area contributed by atoms with E-state index < -0.39 is 17.5 Å². The van der Waals surface area contributed by atoms with Crippen LogP contribution in [-0.4, -0.2) is 83.6 Å². The van der Waals surface area contributed by atoms with E-state index in [4.69, 9.17) is 14.5 Å². The normalized spacial score (nSPS) is 24.6. The predicted molar refractivity (Wildman–Crippen MR) is 172 cm³/mol. The molecule has 3 saturated heterocycles. The maximum atomic E-state index is 16.8. The number of aromatic nitrogens is 2. The smallest absolute Gasteiger partial charge is 0.319 e. The topological polar surface area (TPSA) is 83.0 Å². The molecule has 246 valence electrons. The minimum Gasteiger partial charge on any atom is -0.508 e. The summed E-state index contributed by atoms with van der Waals surface area (Å²) in [4.78, 5) is 14.2. The molecule has 9 rings (SSSR count). The van der Waals surface area contributed by atoms with Crippen LogP contribution in [0.4, 0.5) is 19.0 Å². The van der Waals surface area contributed by atoms with Crippen molar-refractivity contribution in [3.8, 4) is 22.9 Å². The lowest BCUT2D eigenvalue weighted by Crippen LogP contribution is -2.56. The number of phenols is 1. The van der Waals surface area contributed by atoms with E-state index in [9.17, 15) is 9.50 Å². The number of ether oxygens (including phenoxy) is 2. The first-order valence-electron chi connectivity index (χ1n) is 16.9. The Morgan fingerprint density at radius 1 is 0.957 bits per heavy atom. The molecule has 1 aromatic heterocycles. The van der Waals surface area contributed by atoms with Gasteiger partial charge in [-0.3, -0.25) is 4.90 Å². The van der Waals surface area contributed by atoms with Crippen molar-refractivity contribution in [1.82, 2.24) is 20.2 Å². The van der Waals surface area contributed by atoms with Crippen LogP contribution in [0.25, 0.3) is 32.8 Å². The molecule has 2 N–H and O–H groups in total. The molecule has 5 aliphatic rings. The first kappa shape index (κ1) is 29.5. The van der Waals surface area contributed by atoms with E-state index in [-0.39, 0.29) is 50.2 Å². The highest BCUT2D eigenvalue weighted by Gasteiger charge is 2.48. The Labute approximate surface area is 270 Å². The fraction of sp³-hybridized carbons (Fsp3) is 0.500. The molecular weight excluding hydrogens is 607 g/mol. The SMILES string of the molecule is Oc1cc(-c2ccc3c(N4CC5CCC(C4)N5)nc(OCC4(CN5CCOC6(CCC6)C5)CC4)nc3c2F)c2c(F)c(F)ccc2c1. The van der Waals surface area contributed by atoms with Crippen LogP contribution >= 0.6 is 0 Å². The Morgan fingerprint density at radius 3 is 2.51 bits per heavy atom. The summed E-state index contributed by atoms with van der Waals surface area (Å²) >= 11 is 0. The number of anilines is 1. The lowest BCUT2D eigenvalue weighted by Gasteiger charge is -2.49. The fourth-order valence-electron chi connectivity index (χ4n) is 8.35. The zero-order valence-corrected chi connectivity index (χ0v) is 26.2. The zero-order chi connectivity index (χ0) is 31.9. The lowest BCUT2D eigenvalue weighted by molar-refractivity contribution is -0.154. The highest BCUT2D eigenvalue weighted by atomic mass is 19.2. The highest BCUT2D eigenvalue weighted by Crippen LogP contribution is 2.48. The van der Waals surface area contributed by atoms with Crippen molar-refractivity contribution in [3.05, 3.63) is 53.8 Å². The van der Waals surface area contributed by atoms with Gasteiger partial charge in [0, 0.05) is 66.6 Å². The van der Waals surface area contributed by atoms with Gasteiger partial charge in [-0.25, -0.2) is 13.2 Å². The van der Waals surface area contributed by atoms with Crippen molar-refractivity contribution in [3.63, 3.8) is 0 Å². The fourth-order valence-corrected chi connectivity index (χ4v) is 8.35. The third-order valence-corrected chi connectivity index (χ3v) is 11.2. The molecular formula is C36H38F3N5O3. The van der Waals surface area contributed by atoms with Gasteiger partial charge in [-0.2, -0.15) is 9.97 Å². The Bertz CT molecular complexity index is 1890. The van der Waals surface area contributed by atoms with Crippen molar-refractivity contribution in [2.75, 3.05) is 50.8 Å². The van der Waals surface area contributed by atoms with E-state index in [1.165, 1.54) is 30.7 Å². The molecule has 4 aromatic rings. The van der Waals surface area contributed by atoms with Crippen molar-refractivity contribution in [2.24, 2.45) is 5.41 Å². The van der Waals surface area contributed by atoms with Crippen LogP contribution in [0.3, 0.4) is 0 Å². The quantitative estimate of drug-likeness (QED) is 0.256. The number of hydrogen-bond acceptors (Lipinski definition) is 8. The summed E-state index contributed by atoms with van der Waals surface area (Å²) in [5, 5.41) is 14.8. The number of hydrogen-bond donors (Lipinski definition) is 2. The van der Waals surface area contributed by atoms with Gasteiger partial charge in [0.05, 0.1) is 18.8 Å². The number of benzene rings is 3. The molecule has 2 unspecified atom stereocenters.